The third kappa shape index (κ3) is 5.58. The second-order valence-electron chi connectivity index (χ2n) is 7.35. The van der Waals surface area contributed by atoms with Gasteiger partial charge in [0.2, 0.25) is 0 Å². The topological polar surface area (TPSA) is 62.1 Å². The van der Waals surface area contributed by atoms with Gasteiger partial charge >= 0.3 is 0 Å². The summed E-state index contributed by atoms with van der Waals surface area (Å²) in [7, 11) is 1.59. The summed E-state index contributed by atoms with van der Waals surface area (Å²) in [5, 5.41) is 11.9. The molecule has 4 nitrogen and oxygen atoms in total. The van der Waals surface area contributed by atoms with Crippen molar-refractivity contribution < 1.29 is 13.9 Å². The van der Waals surface area contributed by atoms with Gasteiger partial charge in [0.1, 0.15) is 23.2 Å². The molecular weight excluding hydrogens is 391 g/mol. The molecule has 1 N–H and O–H groups in total. The van der Waals surface area contributed by atoms with Gasteiger partial charge in [0.15, 0.2) is 0 Å². The quantitative estimate of drug-likeness (QED) is 0.423. The Bertz CT molecular complexity index is 1170. The molecular formula is C26H23FN2O2. The molecule has 0 aliphatic rings. The van der Waals surface area contributed by atoms with E-state index >= 15 is 0 Å². The van der Waals surface area contributed by atoms with Crippen molar-refractivity contribution in [1.82, 2.24) is 0 Å². The van der Waals surface area contributed by atoms with Crippen LogP contribution in [0.25, 0.3) is 6.08 Å². The largest absolute Gasteiger partial charge is 0.496 e. The van der Waals surface area contributed by atoms with Crippen molar-refractivity contribution in [2.75, 3.05) is 12.4 Å². The van der Waals surface area contributed by atoms with Crippen molar-refractivity contribution in [2.45, 2.75) is 20.3 Å². The van der Waals surface area contributed by atoms with E-state index in [1.165, 1.54) is 41.0 Å². The highest BCUT2D eigenvalue weighted by Crippen LogP contribution is 2.25. The van der Waals surface area contributed by atoms with E-state index in [0.717, 1.165) is 5.56 Å². The molecule has 3 aromatic carbocycles. The molecule has 1 amide bonds. The Hall–Kier alpha value is -3.91. The van der Waals surface area contributed by atoms with E-state index in [4.69, 9.17) is 4.74 Å². The van der Waals surface area contributed by atoms with E-state index in [9.17, 15) is 14.4 Å². The third-order valence-corrected chi connectivity index (χ3v) is 4.79. The fraction of sp³-hybridized carbons (Fsp3) is 0.154. The van der Waals surface area contributed by atoms with Crippen LogP contribution in [0.4, 0.5) is 10.1 Å². The Labute approximate surface area is 181 Å². The summed E-state index contributed by atoms with van der Waals surface area (Å²) in [4.78, 5) is 12.4. The third-order valence-electron chi connectivity index (χ3n) is 4.79. The molecule has 31 heavy (non-hydrogen) atoms. The standard InChI is InChI=1S/C26H23FN2O2/c1-17-10-18(2)12-20(11-17)14-21-9-8-19(15-25(21)31-3)13-22(16-28)26(30)29-24-7-5-4-6-23(24)27/h4-13,15H,14H2,1-3H3,(H,29,30)/b22-13+. The number of nitriles is 1. The summed E-state index contributed by atoms with van der Waals surface area (Å²) in [6, 6.07) is 19.6. The van der Waals surface area contributed by atoms with Crippen LogP contribution < -0.4 is 10.1 Å². The minimum atomic E-state index is -0.675. The van der Waals surface area contributed by atoms with Crippen LogP contribution in [-0.2, 0) is 11.2 Å². The highest BCUT2D eigenvalue weighted by atomic mass is 19.1. The zero-order valence-corrected chi connectivity index (χ0v) is 17.7. The molecule has 0 saturated heterocycles. The number of carbonyl (C=O) groups excluding carboxylic acids is 1. The van der Waals surface area contributed by atoms with Gasteiger partial charge in [0.05, 0.1) is 12.8 Å². The molecule has 0 fully saturated rings. The normalized spacial score (nSPS) is 11.0. The first-order valence-corrected chi connectivity index (χ1v) is 9.81. The molecule has 0 heterocycles. The summed E-state index contributed by atoms with van der Waals surface area (Å²) in [6.07, 6.45) is 2.16. The number of ether oxygens (including phenoxy) is 1. The Morgan fingerprint density at radius 1 is 1.10 bits per heavy atom. The maximum Gasteiger partial charge on any atom is 0.266 e. The number of amides is 1. The molecule has 0 aliphatic carbocycles. The fourth-order valence-electron chi connectivity index (χ4n) is 3.46. The number of aryl methyl sites for hydroxylation is 2. The van der Waals surface area contributed by atoms with Gasteiger partial charge in [-0.25, -0.2) is 4.39 Å². The van der Waals surface area contributed by atoms with Crippen LogP contribution in [0.1, 0.15) is 27.8 Å². The van der Waals surface area contributed by atoms with Crippen LogP contribution in [0.2, 0.25) is 0 Å². The Morgan fingerprint density at radius 2 is 1.81 bits per heavy atom. The number of methoxy groups -OCH3 is 1. The van der Waals surface area contributed by atoms with E-state index in [-0.39, 0.29) is 11.3 Å². The fourth-order valence-corrected chi connectivity index (χ4v) is 3.46. The number of hydrogen-bond donors (Lipinski definition) is 1. The zero-order valence-electron chi connectivity index (χ0n) is 17.7. The average Bonchev–Trinajstić information content (AvgIpc) is 2.73. The van der Waals surface area contributed by atoms with Crippen molar-refractivity contribution in [3.05, 3.63) is 99.9 Å². The predicted octanol–water partition coefficient (Wildman–Crippen LogP) is 5.59. The van der Waals surface area contributed by atoms with Crippen LogP contribution in [0.3, 0.4) is 0 Å². The van der Waals surface area contributed by atoms with Gasteiger partial charge in [-0.1, -0.05) is 53.6 Å². The van der Waals surface area contributed by atoms with Crippen molar-refractivity contribution in [1.29, 1.82) is 5.26 Å². The lowest BCUT2D eigenvalue weighted by atomic mass is 9.98. The SMILES string of the molecule is COc1cc(/C=C(\C#N)C(=O)Nc2ccccc2F)ccc1Cc1cc(C)cc(C)c1. The van der Waals surface area contributed by atoms with Gasteiger partial charge in [-0.15, -0.1) is 0 Å². The molecule has 0 saturated carbocycles. The van der Waals surface area contributed by atoms with Crippen molar-refractivity contribution >= 4 is 17.7 Å². The molecule has 0 aromatic heterocycles. The number of nitrogens with zero attached hydrogens (tertiary/aromatic N) is 1. The van der Waals surface area contributed by atoms with Gasteiger partial charge < -0.3 is 10.1 Å². The summed E-state index contributed by atoms with van der Waals surface area (Å²) in [5.74, 6) is -0.573. The lowest BCUT2D eigenvalue weighted by Crippen LogP contribution is -2.14. The number of anilines is 1. The van der Waals surface area contributed by atoms with Crippen LogP contribution in [0.15, 0.2) is 66.2 Å². The first-order valence-electron chi connectivity index (χ1n) is 9.81. The summed E-state index contributed by atoms with van der Waals surface area (Å²) in [6.45, 7) is 4.13. The van der Waals surface area contributed by atoms with Crippen LogP contribution in [0, 0.1) is 31.0 Å². The lowest BCUT2D eigenvalue weighted by molar-refractivity contribution is -0.112. The van der Waals surface area contributed by atoms with Crippen molar-refractivity contribution in [3.8, 4) is 11.8 Å². The zero-order chi connectivity index (χ0) is 22.4. The Kier molecular flexibility index (Phi) is 6.84. The number of para-hydroxylation sites is 1. The number of benzene rings is 3. The monoisotopic (exact) mass is 414 g/mol. The summed E-state index contributed by atoms with van der Waals surface area (Å²) in [5.41, 5.74) is 5.12. The van der Waals surface area contributed by atoms with Gasteiger partial charge in [-0.2, -0.15) is 5.26 Å². The van der Waals surface area contributed by atoms with Gasteiger partial charge in [0, 0.05) is 6.42 Å². The first kappa shape index (κ1) is 21.8. The number of rotatable bonds is 6. The molecule has 0 radical (unpaired) electrons. The number of carbonyl (C=O) groups is 1. The second kappa shape index (κ2) is 9.73. The second-order valence-corrected chi connectivity index (χ2v) is 7.35. The smallest absolute Gasteiger partial charge is 0.266 e. The number of nitrogens with one attached hydrogen (secondary N) is 1. The Balaban J connectivity index is 1.84. The van der Waals surface area contributed by atoms with E-state index in [1.807, 2.05) is 18.2 Å². The minimum absolute atomic E-state index is 0.0232. The molecule has 5 heteroatoms. The number of hydrogen-bond acceptors (Lipinski definition) is 3. The van der Waals surface area contributed by atoms with Crippen LogP contribution >= 0.6 is 0 Å². The number of halogens is 1. The molecule has 0 aliphatic heterocycles. The Morgan fingerprint density at radius 3 is 2.45 bits per heavy atom. The molecule has 3 aromatic rings. The van der Waals surface area contributed by atoms with E-state index in [0.29, 0.717) is 17.7 Å². The molecule has 0 atom stereocenters. The average molecular weight is 414 g/mol. The molecule has 3 rings (SSSR count). The molecule has 0 unspecified atom stereocenters. The molecule has 156 valence electrons. The minimum Gasteiger partial charge on any atom is -0.496 e. The predicted molar refractivity (Wildman–Crippen MR) is 120 cm³/mol. The molecule has 0 spiro atoms. The van der Waals surface area contributed by atoms with E-state index in [1.54, 1.807) is 19.2 Å². The highest BCUT2D eigenvalue weighted by molar-refractivity contribution is 6.09. The van der Waals surface area contributed by atoms with Crippen molar-refractivity contribution in [3.63, 3.8) is 0 Å². The maximum atomic E-state index is 13.8. The van der Waals surface area contributed by atoms with Gasteiger partial charge in [-0.05, 0) is 54.8 Å². The van der Waals surface area contributed by atoms with Gasteiger partial charge in [0.25, 0.3) is 5.91 Å². The summed E-state index contributed by atoms with van der Waals surface area (Å²) >= 11 is 0. The van der Waals surface area contributed by atoms with E-state index in [2.05, 4.69) is 37.4 Å². The molecule has 0 bridgehead atoms. The summed E-state index contributed by atoms with van der Waals surface area (Å²) < 4.78 is 19.3. The van der Waals surface area contributed by atoms with Crippen LogP contribution in [0.5, 0.6) is 5.75 Å². The van der Waals surface area contributed by atoms with Crippen molar-refractivity contribution in [2.24, 2.45) is 0 Å². The van der Waals surface area contributed by atoms with Crippen LogP contribution in [-0.4, -0.2) is 13.0 Å². The van der Waals surface area contributed by atoms with E-state index < -0.39 is 11.7 Å². The maximum absolute atomic E-state index is 13.8. The first-order chi connectivity index (χ1) is 14.9. The van der Waals surface area contributed by atoms with Gasteiger partial charge in [-0.3, -0.25) is 4.79 Å². The lowest BCUT2D eigenvalue weighted by Gasteiger charge is -2.11. The highest BCUT2D eigenvalue weighted by Gasteiger charge is 2.13.